The Labute approximate surface area is 155 Å². The molecule has 0 aliphatic rings. The van der Waals surface area contributed by atoms with Crippen LogP contribution in [0, 0.1) is 10.1 Å². The number of pyridine rings is 1. The third-order valence-corrected chi connectivity index (χ3v) is 3.94. The number of benzene rings is 1. The van der Waals surface area contributed by atoms with Crippen LogP contribution >= 0.6 is 0 Å². The van der Waals surface area contributed by atoms with Gasteiger partial charge in [-0.25, -0.2) is 0 Å². The van der Waals surface area contributed by atoms with Crippen LogP contribution in [0.1, 0.15) is 23.2 Å². The van der Waals surface area contributed by atoms with Crippen LogP contribution in [0.25, 0.3) is 0 Å². The minimum atomic E-state index is -0.542. The fraction of sp³-hybridized carbons (Fsp3) is 0.333. The lowest BCUT2D eigenvalue weighted by molar-refractivity contribution is -0.385. The Morgan fingerprint density at radius 1 is 1.15 bits per heavy atom. The summed E-state index contributed by atoms with van der Waals surface area (Å²) in [6.07, 6.45) is 2.44. The molecule has 0 atom stereocenters. The Hall–Kier alpha value is -3.36. The average Bonchev–Trinajstić information content (AvgIpc) is 2.67. The standard InChI is InChI=1S/C18H21N3O6/c1-26-15-7-5-13(11-16(15)27-2)18(23)19-9-3-4-10-20-12-14(21(24)25)6-8-17(20)22/h5-8,11-12H,3-4,9-10H2,1-2H3,(H,19,23). The van der Waals surface area contributed by atoms with E-state index in [1.165, 1.54) is 37.1 Å². The number of unbranched alkanes of at least 4 members (excludes halogenated alkanes) is 1. The van der Waals surface area contributed by atoms with E-state index in [1.54, 1.807) is 18.2 Å². The predicted octanol–water partition coefficient (Wildman–Crippen LogP) is 1.98. The van der Waals surface area contributed by atoms with Gasteiger partial charge in [0, 0.05) is 30.8 Å². The molecule has 0 bridgehead atoms. The summed E-state index contributed by atoms with van der Waals surface area (Å²) < 4.78 is 11.6. The topological polar surface area (TPSA) is 113 Å². The Kier molecular flexibility index (Phi) is 6.93. The first-order chi connectivity index (χ1) is 13.0. The zero-order chi connectivity index (χ0) is 19.8. The molecular formula is C18H21N3O6. The van der Waals surface area contributed by atoms with E-state index in [4.69, 9.17) is 9.47 Å². The number of ether oxygens (including phenoxy) is 2. The van der Waals surface area contributed by atoms with Crippen molar-refractivity contribution in [2.75, 3.05) is 20.8 Å². The zero-order valence-electron chi connectivity index (χ0n) is 15.1. The lowest BCUT2D eigenvalue weighted by atomic mass is 10.2. The molecule has 0 fully saturated rings. The molecule has 0 aliphatic heterocycles. The maximum Gasteiger partial charge on any atom is 0.285 e. The van der Waals surface area contributed by atoms with Crippen molar-refractivity contribution < 1.29 is 19.2 Å². The molecule has 1 N–H and O–H groups in total. The van der Waals surface area contributed by atoms with Gasteiger partial charge in [0.1, 0.15) is 0 Å². The fourth-order valence-corrected chi connectivity index (χ4v) is 2.49. The number of hydrogen-bond donors (Lipinski definition) is 1. The van der Waals surface area contributed by atoms with Gasteiger partial charge in [-0.1, -0.05) is 0 Å². The van der Waals surface area contributed by atoms with Crippen molar-refractivity contribution in [3.63, 3.8) is 0 Å². The quantitative estimate of drug-likeness (QED) is 0.407. The molecule has 9 heteroatoms. The highest BCUT2D eigenvalue weighted by molar-refractivity contribution is 5.94. The number of amides is 1. The van der Waals surface area contributed by atoms with E-state index in [2.05, 4.69) is 5.32 Å². The number of nitro groups is 1. The number of nitrogens with zero attached hydrogens (tertiary/aromatic N) is 2. The SMILES string of the molecule is COc1ccc(C(=O)NCCCCn2cc([N+](=O)[O-])ccc2=O)cc1OC. The van der Waals surface area contributed by atoms with Crippen LogP contribution in [0.15, 0.2) is 41.3 Å². The Morgan fingerprint density at radius 2 is 1.89 bits per heavy atom. The number of rotatable bonds is 9. The number of nitrogens with one attached hydrogen (secondary N) is 1. The van der Waals surface area contributed by atoms with Gasteiger partial charge in [-0.2, -0.15) is 0 Å². The van der Waals surface area contributed by atoms with Crippen LogP contribution in [-0.4, -0.2) is 36.2 Å². The van der Waals surface area contributed by atoms with E-state index in [1.807, 2.05) is 0 Å². The number of methoxy groups -OCH3 is 2. The Bertz CT molecular complexity index is 878. The molecule has 1 aromatic carbocycles. The molecule has 9 nitrogen and oxygen atoms in total. The average molecular weight is 375 g/mol. The summed E-state index contributed by atoms with van der Waals surface area (Å²) >= 11 is 0. The van der Waals surface area contributed by atoms with Gasteiger partial charge in [-0.3, -0.25) is 19.7 Å². The van der Waals surface area contributed by atoms with E-state index in [-0.39, 0.29) is 17.2 Å². The number of aromatic nitrogens is 1. The van der Waals surface area contributed by atoms with Gasteiger partial charge in [0.2, 0.25) is 0 Å². The highest BCUT2D eigenvalue weighted by atomic mass is 16.6. The van der Waals surface area contributed by atoms with Gasteiger partial charge in [0.15, 0.2) is 11.5 Å². The van der Waals surface area contributed by atoms with Crippen LogP contribution in [0.2, 0.25) is 0 Å². The molecule has 2 aromatic rings. The van der Waals surface area contributed by atoms with Crippen LogP contribution in [0.3, 0.4) is 0 Å². The number of carbonyl (C=O) groups excluding carboxylic acids is 1. The van der Waals surface area contributed by atoms with Crippen LogP contribution in [-0.2, 0) is 6.54 Å². The van der Waals surface area contributed by atoms with E-state index in [9.17, 15) is 19.7 Å². The van der Waals surface area contributed by atoms with Gasteiger partial charge >= 0.3 is 0 Å². The minimum absolute atomic E-state index is 0.128. The summed E-state index contributed by atoms with van der Waals surface area (Å²) in [6, 6.07) is 7.25. The largest absolute Gasteiger partial charge is 0.493 e. The van der Waals surface area contributed by atoms with Gasteiger partial charge < -0.3 is 19.4 Å². The first-order valence-electron chi connectivity index (χ1n) is 8.31. The second-order valence-corrected chi connectivity index (χ2v) is 5.71. The summed E-state index contributed by atoms with van der Waals surface area (Å²) in [5, 5.41) is 13.5. The molecule has 1 amide bonds. The lowest BCUT2D eigenvalue weighted by Gasteiger charge is -2.10. The van der Waals surface area contributed by atoms with Crippen molar-refractivity contribution in [1.29, 1.82) is 0 Å². The summed E-state index contributed by atoms with van der Waals surface area (Å²) in [4.78, 5) is 34.1. The van der Waals surface area contributed by atoms with E-state index >= 15 is 0 Å². The normalized spacial score (nSPS) is 10.3. The molecule has 144 valence electrons. The van der Waals surface area contributed by atoms with Crippen molar-refractivity contribution in [1.82, 2.24) is 9.88 Å². The molecule has 0 aliphatic carbocycles. The van der Waals surface area contributed by atoms with Gasteiger partial charge in [0.25, 0.3) is 17.2 Å². The van der Waals surface area contributed by atoms with Crippen LogP contribution < -0.4 is 20.3 Å². The molecule has 1 aromatic heterocycles. The summed E-state index contributed by atoms with van der Waals surface area (Å²) in [7, 11) is 3.01. The molecular weight excluding hydrogens is 354 g/mol. The lowest BCUT2D eigenvalue weighted by Crippen LogP contribution is -2.25. The summed E-state index contributed by atoms with van der Waals surface area (Å²) in [5.41, 5.74) is 0.0221. The molecule has 0 saturated carbocycles. The Balaban J connectivity index is 1.83. The third kappa shape index (κ3) is 5.30. The van der Waals surface area contributed by atoms with E-state index in [0.717, 1.165) is 0 Å². The molecule has 0 saturated heterocycles. The van der Waals surface area contributed by atoms with Crippen molar-refractivity contribution in [3.8, 4) is 11.5 Å². The molecule has 1 heterocycles. The van der Waals surface area contributed by atoms with Crippen molar-refractivity contribution >= 4 is 11.6 Å². The van der Waals surface area contributed by atoms with Crippen molar-refractivity contribution in [2.45, 2.75) is 19.4 Å². The maximum atomic E-state index is 12.2. The van der Waals surface area contributed by atoms with Crippen LogP contribution in [0.4, 0.5) is 5.69 Å². The summed E-state index contributed by atoms with van der Waals surface area (Å²) in [6.45, 7) is 0.754. The molecule has 0 radical (unpaired) electrons. The molecule has 0 spiro atoms. The molecule has 0 unspecified atom stereocenters. The fourth-order valence-electron chi connectivity index (χ4n) is 2.49. The van der Waals surface area contributed by atoms with E-state index < -0.39 is 4.92 Å². The van der Waals surface area contributed by atoms with Gasteiger partial charge in [0.05, 0.1) is 25.3 Å². The third-order valence-electron chi connectivity index (χ3n) is 3.94. The van der Waals surface area contributed by atoms with Gasteiger partial charge in [-0.15, -0.1) is 0 Å². The second-order valence-electron chi connectivity index (χ2n) is 5.71. The van der Waals surface area contributed by atoms with Crippen molar-refractivity contribution in [3.05, 3.63) is 62.6 Å². The maximum absolute atomic E-state index is 12.2. The van der Waals surface area contributed by atoms with Crippen LogP contribution in [0.5, 0.6) is 11.5 Å². The minimum Gasteiger partial charge on any atom is -0.493 e. The smallest absolute Gasteiger partial charge is 0.285 e. The van der Waals surface area contributed by atoms with Crippen molar-refractivity contribution in [2.24, 2.45) is 0 Å². The number of hydrogen-bond acceptors (Lipinski definition) is 6. The summed E-state index contributed by atoms with van der Waals surface area (Å²) in [5.74, 6) is 0.759. The molecule has 27 heavy (non-hydrogen) atoms. The highest BCUT2D eigenvalue weighted by Gasteiger charge is 2.10. The molecule has 2 rings (SSSR count). The number of aryl methyl sites for hydroxylation is 1. The predicted molar refractivity (Wildman–Crippen MR) is 98.5 cm³/mol. The van der Waals surface area contributed by atoms with Gasteiger partial charge in [-0.05, 0) is 31.0 Å². The first-order valence-corrected chi connectivity index (χ1v) is 8.31. The number of carbonyl (C=O) groups is 1. The zero-order valence-corrected chi connectivity index (χ0v) is 15.1. The highest BCUT2D eigenvalue weighted by Crippen LogP contribution is 2.27. The Morgan fingerprint density at radius 3 is 2.56 bits per heavy atom. The monoisotopic (exact) mass is 375 g/mol. The second kappa shape index (κ2) is 9.37. The van der Waals surface area contributed by atoms with E-state index in [0.29, 0.717) is 43.0 Å². The first kappa shape index (κ1) is 20.0.